The van der Waals surface area contributed by atoms with Gasteiger partial charge in [-0.3, -0.25) is 0 Å². The number of nitrogens with two attached hydrogens (primary N) is 1. The van der Waals surface area contributed by atoms with Crippen LogP contribution in [0.5, 0.6) is 0 Å². The van der Waals surface area contributed by atoms with Gasteiger partial charge in [0.2, 0.25) is 0 Å². The molecule has 2 atom stereocenters. The fourth-order valence-electron chi connectivity index (χ4n) is 3.35. The van der Waals surface area contributed by atoms with E-state index in [1.54, 1.807) is 0 Å². The van der Waals surface area contributed by atoms with Crippen molar-refractivity contribution in [2.24, 2.45) is 11.7 Å². The lowest BCUT2D eigenvalue weighted by atomic mass is 9.92. The zero-order chi connectivity index (χ0) is 12.4. The smallest absolute Gasteiger partial charge is 0.0514 e. The molecule has 98 valence electrons. The topological polar surface area (TPSA) is 38.5 Å². The Morgan fingerprint density at radius 2 is 2.28 bits per heavy atom. The molecule has 3 rings (SSSR count). The summed E-state index contributed by atoms with van der Waals surface area (Å²) in [6, 6.07) is 9.16. The number of anilines is 1. The molecule has 1 fully saturated rings. The Kier molecular flexibility index (Phi) is 3.52. The summed E-state index contributed by atoms with van der Waals surface area (Å²) < 4.78 is 5.63. The Morgan fingerprint density at radius 1 is 1.39 bits per heavy atom. The van der Waals surface area contributed by atoms with Crippen LogP contribution in [0.1, 0.15) is 18.4 Å². The molecule has 0 aromatic heterocycles. The third-order valence-corrected chi connectivity index (χ3v) is 4.30. The van der Waals surface area contributed by atoms with Gasteiger partial charge in [0.25, 0.3) is 0 Å². The third kappa shape index (κ3) is 2.13. The maximum absolute atomic E-state index is 6.04. The predicted octanol–water partition coefficient (Wildman–Crippen LogP) is 1.80. The van der Waals surface area contributed by atoms with Crippen LogP contribution in [0.4, 0.5) is 5.69 Å². The van der Waals surface area contributed by atoms with Crippen molar-refractivity contribution < 1.29 is 4.74 Å². The fraction of sp³-hybridized carbons (Fsp3) is 0.600. The molecule has 0 saturated carbocycles. The van der Waals surface area contributed by atoms with Gasteiger partial charge in [0.15, 0.2) is 0 Å². The van der Waals surface area contributed by atoms with E-state index in [0.29, 0.717) is 12.0 Å². The average molecular weight is 246 g/mol. The van der Waals surface area contributed by atoms with Crippen molar-refractivity contribution in [3.8, 4) is 0 Å². The largest absolute Gasteiger partial charge is 0.381 e. The maximum atomic E-state index is 6.04. The van der Waals surface area contributed by atoms with Gasteiger partial charge in [-0.1, -0.05) is 18.2 Å². The molecule has 1 saturated heterocycles. The minimum atomic E-state index is 0.439. The lowest BCUT2D eigenvalue weighted by Crippen LogP contribution is -2.47. The highest BCUT2D eigenvalue weighted by atomic mass is 16.5. The quantitative estimate of drug-likeness (QED) is 0.884. The van der Waals surface area contributed by atoms with Crippen LogP contribution in [0.15, 0.2) is 24.3 Å². The Bertz CT molecular complexity index is 401. The Hall–Kier alpha value is -1.06. The third-order valence-electron chi connectivity index (χ3n) is 4.30. The highest BCUT2D eigenvalue weighted by Gasteiger charge is 2.31. The van der Waals surface area contributed by atoms with E-state index in [0.717, 1.165) is 32.7 Å². The van der Waals surface area contributed by atoms with Gasteiger partial charge in [0.1, 0.15) is 0 Å². The van der Waals surface area contributed by atoms with E-state index >= 15 is 0 Å². The zero-order valence-electron chi connectivity index (χ0n) is 10.8. The number of nitrogens with zero attached hydrogens (tertiary/aromatic N) is 1. The highest BCUT2D eigenvalue weighted by molar-refractivity contribution is 5.58. The second-order valence-corrected chi connectivity index (χ2v) is 5.35. The van der Waals surface area contributed by atoms with Crippen molar-refractivity contribution in [2.75, 3.05) is 31.2 Å². The van der Waals surface area contributed by atoms with Crippen molar-refractivity contribution in [3.05, 3.63) is 29.8 Å². The van der Waals surface area contributed by atoms with E-state index in [1.165, 1.54) is 24.1 Å². The molecular weight excluding hydrogens is 224 g/mol. The van der Waals surface area contributed by atoms with Gasteiger partial charge in [0.05, 0.1) is 6.61 Å². The molecule has 0 spiro atoms. The summed E-state index contributed by atoms with van der Waals surface area (Å²) in [5.74, 6) is 0.593. The van der Waals surface area contributed by atoms with Crippen molar-refractivity contribution in [3.63, 3.8) is 0 Å². The van der Waals surface area contributed by atoms with Crippen LogP contribution in [0, 0.1) is 5.92 Å². The molecule has 3 nitrogen and oxygen atoms in total. The molecule has 0 radical (unpaired) electrons. The van der Waals surface area contributed by atoms with Gasteiger partial charge in [-0.2, -0.15) is 0 Å². The SMILES string of the molecule is NCC(C1CCCOC1)N1CCc2ccccc21. The molecule has 2 unspecified atom stereocenters. The fourth-order valence-corrected chi connectivity index (χ4v) is 3.35. The minimum absolute atomic E-state index is 0.439. The molecule has 0 bridgehead atoms. The van der Waals surface area contributed by atoms with Gasteiger partial charge in [-0.25, -0.2) is 0 Å². The molecule has 2 aliphatic heterocycles. The minimum Gasteiger partial charge on any atom is -0.381 e. The molecule has 2 N–H and O–H groups in total. The first kappa shape index (κ1) is 12.0. The number of benzene rings is 1. The van der Waals surface area contributed by atoms with Crippen molar-refractivity contribution >= 4 is 5.69 Å². The van der Waals surface area contributed by atoms with Crippen LogP contribution in [0.25, 0.3) is 0 Å². The van der Waals surface area contributed by atoms with Gasteiger partial charge in [-0.15, -0.1) is 0 Å². The van der Waals surface area contributed by atoms with E-state index in [2.05, 4.69) is 29.2 Å². The van der Waals surface area contributed by atoms with Crippen LogP contribution in [-0.4, -0.2) is 32.3 Å². The number of ether oxygens (including phenoxy) is 1. The Morgan fingerprint density at radius 3 is 3.06 bits per heavy atom. The van der Waals surface area contributed by atoms with Crippen LogP contribution >= 0.6 is 0 Å². The van der Waals surface area contributed by atoms with E-state index in [-0.39, 0.29) is 0 Å². The second-order valence-electron chi connectivity index (χ2n) is 5.35. The van der Waals surface area contributed by atoms with Crippen molar-refractivity contribution in [2.45, 2.75) is 25.3 Å². The second kappa shape index (κ2) is 5.29. The average Bonchev–Trinajstić information content (AvgIpc) is 2.85. The number of hydrogen-bond donors (Lipinski definition) is 1. The van der Waals surface area contributed by atoms with Gasteiger partial charge < -0.3 is 15.4 Å². The Balaban J connectivity index is 1.80. The van der Waals surface area contributed by atoms with Gasteiger partial charge >= 0.3 is 0 Å². The highest BCUT2D eigenvalue weighted by Crippen LogP contribution is 2.32. The summed E-state index contributed by atoms with van der Waals surface area (Å²) in [5, 5.41) is 0. The van der Waals surface area contributed by atoms with Crippen LogP contribution < -0.4 is 10.6 Å². The predicted molar refractivity (Wildman–Crippen MR) is 73.9 cm³/mol. The standard InChI is InChI=1S/C15H22N2O/c16-10-15(13-5-3-9-18-11-13)17-8-7-12-4-1-2-6-14(12)17/h1-2,4,6,13,15H,3,5,7-11,16H2. The van der Waals surface area contributed by atoms with Crippen LogP contribution in [0.2, 0.25) is 0 Å². The maximum Gasteiger partial charge on any atom is 0.0514 e. The molecule has 18 heavy (non-hydrogen) atoms. The summed E-state index contributed by atoms with van der Waals surface area (Å²) in [5.41, 5.74) is 8.90. The number of para-hydroxylation sites is 1. The Labute approximate surface area is 109 Å². The lowest BCUT2D eigenvalue weighted by Gasteiger charge is -2.37. The van der Waals surface area contributed by atoms with E-state index in [4.69, 9.17) is 10.5 Å². The van der Waals surface area contributed by atoms with Crippen LogP contribution in [-0.2, 0) is 11.2 Å². The summed E-state index contributed by atoms with van der Waals surface area (Å²) in [4.78, 5) is 2.51. The van der Waals surface area contributed by atoms with Crippen LogP contribution in [0.3, 0.4) is 0 Å². The summed E-state index contributed by atoms with van der Waals surface area (Å²) in [6.07, 6.45) is 3.58. The molecule has 1 aromatic carbocycles. The van der Waals surface area contributed by atoms with Gasteiger partial charge in [-0.05, 0) is 30.9 Å². The monoisotopic (exact) mass is 246 g/mol. The summed E-state index contributed by atoms with van der Waals surface area (Å²) in [6.45, 7) is 3.63. The lowest BCUT2D eigenvalue weighted by molar-refractivity contribution is 0.0449. The first-order chi connectivity index (χ1) is 8.90. The van der Waals surface area contributed by atoms with Crippen molar-refractivity contribution in [1.82, 2.24) is 0 Å². The van der Waals surface area contributed by atoms with Crippen molar-refractivity contribution in [1.29, 1.82) is 0 Å². The number of fused-ring (bicyclic) bond motifs is 1. The molecule has 0 aliphatic carbocycles. The molecule has 2 heterocycles. The van der Waals surface area contributed by atoms with E-state index in [9.17, 15) is 0 Å². The first-order valence-corrected chi connectivity index (χ1v) is 7.02. The normalized spacial score (nSPS) is 24.9. The number of hydrogen-bond acceptors (Lipinski definition) is 3. The molecule has 1 aromatic rings. The molecular formula is C15H22N2O. The molecule has 2 aliphatic rings. The first-order valence-electron chi connectivity index (χ1n) is 7.02. The zero-order valence-corrected chi connectivity index (χ0v) is 10.8. The van der Waals surface area contributed by atoms with E-state index in [1.807, 2.05) is 0 Å². The number of rotatable bonds is 3. The van der Waals surface area contributed by atoms with Gasteiger partial charge in [0, 0.05) is 37.3 Å². The summed E-state index contributed by atoms with van der Waals surface area (Å²) in [7, 11) is 0. The molecule has 3 heteroatoms. The van der Waals surface area contributed by atoms with E-state index < -0.39 is 0 Å². The summed E-state index contributed by atoms with van der Waals surface area (Å²) >= 11 is 0. The molecule has 0 amide bonds.